The Hall–Kier alpha value is -1.59. The molecule has 6 heteroatoms. The second-order valence-corrected chi connectivity index (χ2v) is 4.75. The molecule has 0 aliphatic carbocycles. The van der Waals surface area contributed by atoms with E-state index in [-0.39, 0.29) is 28.1 Å². The SMILES string of the molecule is O=C(O)c1c(Cl)cccc1NC(=O)C1CCOCC1. The molecule has 19 heavy (non-hydrogen) atoms. The van der Waals surface area contributed by atoms with Crippen molar-refractivity contribution in [1.82, 2.24) is 0 Å². The molecule has 1 saturated heterocycles. The number of anilines is 1. The second-order valence-electron chi connectivity index (χ2n) is 4.34. The van der Waals surface area contributed by atoms with Crippen molar-refractivity contribution in [3.8, 4) is 0 Å². The average Bonchev–Trinajstić information content (AvgIpc) is 2.39. The molecule has 2 N–H and O–H groups in total. The number of benzene rings is 1. The number of hydrogen-bond donors (Lipinski definition) is 2. The van der Waals surface area contributed by atoms with Gasteiger partial charge in [-0.3, -0.25) is 4.79 Å². The number of nitrogens with one attached hydrogen (secondary N) is 1. The van der Waals surface area contributed by atoms with Crippen molar-refractivity contribution < 1.29 is 19.4 Å². The maximum absolute atomic E-state index is 12.1. The minimum atomic E-state index is -1.16. The normalized spacial score (nSPS) is 16.1. The molecule has 1 aromatic rings. The van der Waals surface area contributed by atoms with Gasteiger partial charge < -0.3 is 15.2 Å². The Kier molecular flexibility index (Phi) is 4.39. The zero-order valence-electron chi connectivity index (χ0n) is 10.2. The molecule has 0 aromatic heterocycles. The molecule has 0 radical (unpaired) electrons. The van der Waals surface area contributed by atoms with Crippen LogP contribution in [0.4, 0.5) is 5.69 Å². The van der Waals surface area contributed by atoms with Crippen LogP contribution >= 0.6 is 11.6 Å². The molecule has 2 rings (SSSR count). The fourth-order valence-electron chi connectivity index (χ4n) is 2.04. The van der Waals surface area contributed by atoms with Gasteiger partial charge in [0.1, 0.15) is 5.56 Å². The van der Waals surface area contributed by atoms with E-state index in [1.807, 2.05) is 0 Å². The van der Waals surface area contributed by atoms with Gasteiger partial charge in [0, 0.05) is 19.1 Å². The van der Waals surface area contributed by atoms with Crippen molar-refractivity contribution in [2.45, 2.75) is 12.8 Å². The Balaban J connectivity index is 2.16. The van der Waals surface area contributed by atoms with Crippen molar-refractivity contribution >= 4 is 29.2 Å². The van der Waals surface area contributed by atoms with Gasteiger partial charge in [-0.25, -0.2) is 4.79 Å². The molecule has 0 unspecified atom stereocenters. The first-order valence-electron chi connectivity index (χ1n) is 6.00. The number of rotatable bonds is 3. The van der Waals surface area contributed by atoms with E-state index in [0.717, 1.165) is 0 Å². The highest BCUT2D eigenvalue weighted by Crippen LogP contribution is 2.26. The number of carbonyl (C=O) groups is 2. The molecule has 1 amide bonds. The van der Waals surface area contributed by atoms with Crippen LogP contribution in [-0.4, -0.2) is 30.2 Å². The standard InChI is InChI=1S/C13H14ClNO4/c14-9-2-1-3-10(11(9)13(17)18)15-12(16)8-4-6-19-7-5-8/h1-3,8H,4-7H2,(H,15,16)(H,17,18). The van der Waals surface area contributed by atoms with E-state index in [0.29, 0.717) is 26.1 Å². The summed E-state index contributed by atoms with van der Waals surface area (Å²) in [5.41, 5.74) is 0.154. The van der Waals surface area contributed by atoms with Gasteiger partial charge in [0.2, 0.25) is 5.91 Å². The van der Waals surface area contributed by atoms with Crippen LogP contribution in [0.15, 0.2) is 18.2 Å². The van der Waals surface area contributed by atoms with Crippen molar-refractivity contribution in [3.63, 3.8) is 0 Å². The van der Waals surface area contributed by atoms with Crippen LogP contribution in [0.1, 0.15) is 23.2 Å². The molecule has 1 fully saturated rings. The van der Waals surface area contributed by atoms with E-state index < -0.39 is 5.97 Å². The fraction of sp³-hybridized carbons (Fsp3) is 0.385. The van der Waals surface area contributed by atoms with Crippen LogP contribution in [-0.2, 0) is 9.53 Å². The van der Waals surface area contributed by atoms with E-state index in [9.17, 15) is 9.59 Å². The highest BCUT2D eigenvalue weighted by atomic mass is 35.5. The molecule has 102 valence electrons. The number of halogens is 1. The summed E-state index contributed by atoms with van der Waals surface area (Å²) < 4.78 is 5.19. The van der Waals surface area contributed by atoms with Crippen LogP contribution in [0.5, 0.6) is 0 Å². The van der Waals surface area contributed by atoms with E-state index in [4.69, 9.17) is 21.4 Å². The number of ether oxygens (including phenoxy) is 1. The molecule has 0 spiro atoms. The van der Waals surface area contributed by atoms with Gasteiger partial charge in [-0.2, -0.15) is 0 Å². The highest BCUT2D eigenvalue weighted by molar-refractivity contribution is 6.34. The molecule has 0 bridgehead atoms. The molecule has 1 heterocycles. The minimum absolute atomic E-state index is 0.0791. The summed E-state index contributed by atoms with van der Waals surface area (Å²) in [6, 6.07) is 4.62. The van der Waals surface area contributed by atoms with Crippen molar-refractivity contribution in [1.29, 1.82) is 0 Å². The van der Waals surface area contributed by atoms with Gasteiger partial charge in [0.05, 0.1) is 10.7 Å². The zero-order valence-corrected chi connectivity index (χ0v) is 10.9. The lowest BCUT2D eigenvalue weighted by Crippen LogP contribution is -2.29. The van der Waals surface area contributed by atoms with Crippen LogP contribution in [0, 0.1) is 5.92 Å². The Morgan fingerprint density at radius 1 is 1.32 bits per heavy atom. The lowest BCUT2D eigenvalue weighted by Gasteiger charge is -2.21. The van der Waals surface area contributed by atoms with E-state index in [1.165, 1.54) is 12.1 Å². The smallest absolute Gasteiger partial charge is 0.339 e. The molecule has 5 nitrogen and oxygen atoms in total. The average molecular weight is 284 g/mol. The Morgan fingerprint density at radius 3 is 2.63 bits per heavy atom. The van der Waals surface area contributed by atoms with E-state index >= 15 is 0 Å². The lowest BCUT2D eigenvalue weighted by molar-refractivity contribution is -0.122. The summed E-state index contributed by atoms with van der Waals surface area (Å²) in [4.78, 5) is 23.2. The Labute approximate surface area is 115 Å². The summed E-state index contributed by atoms with van der Waals surface area (Å²) >= 11 is 5.84. The van der Waals surface area contributed by atoms with E-state index in [2.05, 4.69) is 5.32 Å². The summed E-state index contributed by atoms with van der Waals surface area (Å²) in [5, 5.41) is 11.9. The highest BCUT2D eigenvalue weighted by Gasteiger charge is 2.23. The predicted molar refractivity (Wildman–Crippen MR) is 70.6 cm³/mol. The van der Waals surface area contributed by atoms with Gasteiger partial charge in [-0.15, -0.1) is 0 Å². The largest absolute Gasteiger partial charge is 0.478 e. The Bertz CT molecular complexity index is 497. The number of carboxylic acids is 1. The van der Waals surface area contributed by atoms with Crippen molar-refractivity contribution in [3.05, 3.63) is 28.8 Å². The number of carboxylic acid groups (broad SMARTS) is 1. The third-order valence-corrected chi connectivity index (χ3v) is 3.39. The third kappa shape index (κ3) is 3.24. The van der Waals surface area contributed by atoms with Crippen LogP contribution in [0.2, 0.25) is 5.02 Å². The maximum atomic E-state index is 12.1. The first-order chi connectivity index (χ1) is 9.09. The lowest BCUT2D eigenvalue weighted by atomic mass is 9.99. The second kappa shape index (κ2) is 6.04. The fourth-order valence-corrected chi connectivity index (χ4v) is 2.30. The molecular weight excluding hydrogens is 270 g/mol. The van der Waals surface area contributed by atoms with E-state index in [1.54, 1.807) is 6.07 Å². The Morgan fingerprint density at radius 2 is 2.00 bits per heavy atom. The molecule has 0 saturated carbocycles. The first kappa shape index (κ1) is 13.8. The van der Waals surface area contributed by atoms with Gasteiger partial charge in [0.25, 0.3) is 0 Å². The number of aromatic carboxylic acids is 1. The van der Waals surface area contributed by atoms with Crippen LogP contribution in [0.25, 0.3) is 0 Å². The molecule has 1 aliphatic heterocycles. The number of hydrogen-bond acceptors (Lipinski definition) is 3. The molecular formula is C13H14ClNO4. The van der Waals surface area contributed by atoms with Crippen LogP contribution in [0.3, 0.4) is 0 Å². The topological polar surface area (TPSA) is 75.6 Å². The van der Waals surface area contributed by atoms with Gasteiger partial charge in [-0.05, 0) is 25.0 Å². The summed E-state index contributed by atoms with van der Waals surface area (Å²) in [5.74, 6) is -1.49. The third-order valence-electron chi connectivity index (χ3n) is 3.08. The summed E-state index contributed by atoms with van der Waals surface area (Å²) in [6.07, 6.45) is 1.30. The first-order valence-corrected chi connectivity index (χ1v) is 6.38. The van der Waals surface area contributed by atoms with Gasteiger partial charge in [-0.1, -0.05) is 17.7 Å². The monoisotopic (exact) mass is 283 g/mol. The molecule has 1 aliphatic rings. The van der Waals surface area contributed by atoms with Gasteiger partial charge >= 0.3 is 5.97 Å². The minimum Gasteiger partial charge on any atom is -0.478 e. The summed E-state index contributed by atoms with van der Waals surface area (Å²) in [6.45, 7) is 1.11. The van der Waals surface area contributed by atoms with Gasteiger partial charge in [0.15, 0.2) is 0 Å². The number of amides is 1. The zero-order chi connectivity index (χ0) is 13.8. The molecule has 0 atom stereocenters. The number of carbonyl (C=O) groups excluding carboxylic acids is 1. The molecule has 1 aromatic carbocycles. The summed E-state index contributed by atoms with van der Waals surface area (Å²) in [7, 11) is 0. The van der Waals surface area contributed by atoms with Crippen LogP contribution < -0.4 is 5.32 Å². The quantitative estimate of drug-likeness (QED) is 0.893. The van der Waals surface area contributed by atoms with Crippen molar-refractivity contribution in [2.24, 2.45) is 5.92 Å². The predicted octanol–water partition coefficient (Wildman–Crippen LogP) is 2.40. The maximum Gasteiger partial charge on any atom is 0.339 e. The van der Waals surface area contributed by atoms with Crippen molar-refractivity contribution in [2.75, 3.05) is 18.5 Å².